The average Bonchev–Trinajstić information content (AvgIpc) is 2.51. The zero-order valence-corrected chi connectivity index (χ0v) is 11.7. The van der Waals surface area contributed by atoms with Gasteiger partial charge >= 0.3 is 0 Å². The van der Waals surface area contributed by atoms with Gasteiger partial charge in [-0.25, -0.2) is 9.82 Å². The third-order valence-corrected chi connectivity index (χ3v) is 3.62. The monoisotopic (exact) mass is 288 g/mol. The maximum atomic E-state index is 13.5. The molecule has 0 radical (unpaired) electrons. The van der Waals surface area contributed by atoms with Crippen LogP contribution < -0.4 is 20.7 Å². The summed E-state index contributed by atoms with van der Waals surface area (Å²) < 4.78 is 24.6. The second-order valence-corrected chi connectivity index (χ2v) is 5.00. The van der Waals surface area contributed by atoms with E-state index in [2.05, 4.69) is 5.43 Å². The molecule has 0 amide bonds. The predicted octanol–water partition coefficient (Wildman–Crippen LogP) is 2.46. The zero-order valence-electron chi connectivity index (χ0n) is 11.7. The molecule has 21 heavy (non-hydrogen) atoms. The maximum Gasteiger partial charge on any atom is 0.161 e. The molecule has 0 fully saturated rings. The van der Waals surface area contributed by atoms with Gasteiger partial charge in [-0.2, -0.15) is 0 Å². The highest BCUT2D eigenvalue weighted by atomic mass is 19.1. The molecule has 4 nitrogen and oxygen atoms in total. The van der Waals surface area contributed by atoms with E-state index in [-0.39, 0.29) is 11.9 Å². The molecule has 1 atom stereocenters. The number of hydrogen-bond acceptors (Lipinski definition) is 4. The van der Waals surface area contributed by atoms with Crippen molar-refractivity contribution in [3.8, 4) is 11.5 Å². The number of fused-ring (bicyclic) bond motifs is 1. The van der Waals surface area contributed by atoms with E-state index >= 15 is 0 Å². The average molecular weight is 288 g/mol. The Morgan fingerprint density at radius 3 is 2.62 bits per heavy atom. The lowest BCUT2D eigenvalue weighted by Crippen LogP contribution is -2.29. The van der Waals surface area contributed by atoms with Crippen molar-refractivity contribution in [1.82, 2.24) is 5.43 Å². The first-order valence-electron chi connectivity index (χ1n) is 6.81. The molecular formula is C16H17FN2O2. The second kappa shape index (κ2) is 5.71. The van der Waals surface area contributed by atoms with E-state index in [0.717, 1.165) is 22.4 Å². The van der Waals surface area contributed by atoms with Crippen molar-refractivity contribution in [3.63, 3.8) is 0 Å². The Balaban J connectivity index is 2.01. The summed E-state index contributed by atoms with van der Waals surface area (Å²) in [5, 5.41) is 0. The molecule has 0 bridgehead atoms. The van der Waals surface area contributed by atoms with Gasteiger partial charge < -0.3 is 9.47 Å². The van der Waals surface area contributed by atoms with E-state index in [1.54, 1.807) is 6.07 Å². The second-order valence-electron chi connectivity index (χ2n) is 5.00. The van der Waals surface area contributed by atoms with Crippen molar-refractivity contribution in [3.05, 3.63) is 58.9 Å². The van der Waals surface area contributed by atoms with E-state index in [9.17, 15) is 4.39 Å². The Kier molecular flexibility index (Phi) is 3.77. The Bertz CT molecular complexity index is 661. The normalized spacial score (nSPS) is 14.8. The number of nitrogens with two attached hydrogens (primary N) is 1. The van der Waals surface area contributed by atoms with Gasteiger partial charge in [0.2, 0.25) is 0 Å². The smallest absolute Gasteiger partial charge is 0.161 e. The quantitative estimate of drug-likeness (QED) is 0.673. The number of halogens is 1. The van der Waals surface area contributed by atoms with Gasteiger partial charge in [-0.05, 0) is 47.9 Å². The number of ether oxygens (including phenoxy) is 2. The van der Waals surface area contributed by atoms with Crippen LogP contribution in [0, 0.1) is 12.7 Å². The summed E-state index contributed by atoms with van der Waals surface area (Å²) in [6.45, 7) is 3.00. The molecule has 0 saturated carbocycles. The molecule has 2 aromatic rings. The first kappa shape index (κ1) is 13.9. The largest absolute Gasteiger partial charge is 0.486 e. The topological polar surface area (TPSA) is 56.5 Å². The van der Waals surface area contributed by atoms with Crippen LogP contribution in [0.25, 0.3) is 0 Å². The molecule has 0 aromatic heterocycles. The number of benzene rings is 2. The molecule has 2 aromatic carbocycles. The number of aryl methyl sites for hydroxylation is 1. The van der Waals surface area contributed by atoms with Crippen LogP contribution >= 0.6 is 0 Å². The van der Waals surface area contributed by atoms with Crippen LogP contribution in [0.15, 0.2) is 36.4 Å². The first-order valence-corrected chi connectivity index (χ1v) is 6.81. The molecule has 1 aliphatic heterocycles. The molecule has 0 aliphatic carbocycles. The highest BCUT2D eigenvalue weighted by Crippen LogP contribution is 2.34. The van der Waals surface area contributed by atoms with Crippen molar-refractivity contribution in [2.75, 3.05) is 13.2 Å². The fourth-order valence-corrected chi connectivity index (χ4v) is 2.53. The SMILES string of the molecule is Cc1ccc(F)cc1C(NN)c1ccc2c(c1)OCCO2. The molecule has 5 heteroatoms. The van der Waals surface area contributed by atoms with Gasteiger partial charge in [-0.3, -0.25) is 5.84 Å². The molecular weight excluding hydrogens is 271 g/mol. The fraction of sp³-hybridized carbons (Fsp3) is 0.250. The summed E-state index contributed by atoms with van der Waals surface area (Å²) in [6.07, 6.45) is 0. The van der Waals surface area contributed by atoms with Gasteiger partial charge in [0.15, 0.2) is 11.5 Å². The highest BCUT2D eigenvalue weighted by Gasteiger charge is 2.19. The van der Waals surface area contributed by atoms with E-state index in [1.807, 2.05) is 25.1 Å². The van der Waals surface area contributed by atoms with Crippen LogP contribution in [-0.4, -0.2) is 13.2 Å². The van der Waals surface area contributed by atoms with Crippen LogP contribution in [0.5, 0.6) is 11.5 Å². The first-order chi connectivity index (χ1) is 10.2. The van der Waals surface area contributed by atoms with E-state index in [4.69, 9.17) is 15.3 Å². The van der Waals surface area contributed by atoms with E-state index in [1.165, 1.54) is 12.1 Å². The van der Waals surface area contributed by atoms with Crippen LogP contribution in [0.4, 0.5) is 4.39 Å². The Labute approximate surface area is 122 Å². The number of rotatable bonds is 3. The molecule has 0 spiro atoms. The van der Waals surface area contributed by atoms with Crippen LogP contribution in [0.1, 0.15) is 22.7 Å². The summed E-state index contributed by atoms with van der Waals surface area (Å²) in [5.74, 6) is 6.81. The van der Waals surface area contributed by atoms with Gasteiger partial charge in [-0.1, -0.05) is 12.1 Å². The van der Waals surface area contributed by atoms with Crippen molar-refractivity contribution in [1.29, 1.82) is 0 Å². The van der Waals surface area contributed by atoms with Crippen LogP contribution in [0.2, 0.25) is 0 Å². The van der Waals surface area contributed by atoms with Crippen molar-refractivity contribution >= 4 is 0 Å². The Hall–Kier alpha value is -2.11. The van der Waals surface area contributed by atoms with E-state index in [0.29, 0.717) is 19.0 Å². The van der Waals surface area contributed by atoms with Crippen LogP contribution in [-0.2, 0) is 0 Å². The third-order valence-electron chi connectivity index (χ3n) is 3.62. The van der Waals surface area contributed by atoms with Crippen molar-refractivity contribution < 1.29 is 13.9 Å². The van der Waals surface area contributed by atoms with Gasteiger partial charge in [0.1, 0.15) is 19.0 Å². The molecule has 1 unspecified atom stereocenters. The molecule has 0 saturated heterocycles. The molecule has 3 rings (SSSR count). The number of nitrogens with one attached hydrogen (secondary N) is 1. The zero-order chi connectivity index (χ0) is 14.8. The van der Waals surface area contributed by atoms with Gasteiger partial charge in [0.25, 0.3) is 0 Å². The molecule has 3 N–H and O–H groups in total. The predicted molar refractivity (Wildman–Crippen MR) is 77.7 cm³/mol. The summed E-state index contributed by atoms with van der Waals surface area (Å²) in [4.78, 5) is 0. The molecule has 110 valence electrons. The summed E-state index contributed by atoms with van der Waals surface area (Å²) in [7, 11) is 0. The molecule has 1 heterocycles. The third kappa shape index (κ3) is 2.70. The summed E-state index contributed by atoms with van der Waals surface area (Å²) in [6, 6.07) is 10.0. The lowest BCUT2D eigenvalue weighted by atomic mass is 9.95. The van der Waals surface area contributed by atoms with Crippen molar-refractivity contribution in [2.45, 2.75) is 13.0 Å². The fourth-order valence-electron chi connectivity index (χ4n) is 2.53. The van der Waals surface area contributed by atoms with Crippen LogP contribution in [0.3, 0.4) is 0 Å². The Morgan fingerprint density at radius 1 is 1.10 bits per heavy atom. The minimum Gasteiger partial charge on any atom is -0.486 e. The van der Waals surface area contributed by atoms with Crippen molar-refractivity contribution in [2.24, 2.45) is 5.84 Å². The minimum absolute atomic E-state index is 0.284. The summed E-state index contributed by atoms with van der Waals surface area (Å²) in [5.41, 5.74) is 5.41. The standard InChI is InChI=1S/C16H17FN2O2/c1-10-2-4-12(17)9-13(10)16(19-18)11-3-5-14-15(8-11)21-7-6-20-14/h2-5,8-9,16,19H,6-7,18H2,1H3. The highest BCUT2D eigenvalue weighted by molar-refractivity contribution is 5.47. The number of hydrogen-bond donors (Lipinski definition) is 2. The number of hydrazine groups is 1. The lowest BCUT2D eigenvalue weighted by Gasteiger charge is -2.23. The Morgan fingerprint density at radius 2 is 1.86 bits per heavy atom. The lowest BCUT2D eigenvalue weighted by molar-refractivity contribution is 0.171. The van der Waals surface area contributed by atoms with Gasteiger partial charge in [-0.15, -0.1) is 0 Å². The van der Waals surface area contributed by atoms with E-state index < -0.39 is 0 Å². The minimum atomic E-state index is -0.309. The molecule has 1 aliphatic rings. The van der Waals surface area contributed by atoms with Gasteiger partial charge in [0, 0.05) is 0 Å². The van der Waals surface area contributed by atoms with Gasteiger partial charge in [0.05, 0.1) is 6.04 Å². The maximum absolute atomic E-state index is 13.5. The summed E-state index contributed by atoms with van der Waals surface area (Å²) >= 11 is 0.